The molecular formula is C15H12ClN3O. The zero-order chi connectivity index (χ0) is 14.1. The Kier molecular flexibility index (Phi) is 3.16. The Labute approximate surface area is 120 Å². The second-order valence-electron chi connectivity index (χ2n) is 4.55. The minimum absolute atomic E-state index is 0.123. The maximum Gasteiger partial charge on any atom is 0.261 e. The first-order valence-electron chi connectivity index (χ1n) is 6.13. The standard InChI is InChI=1S/C15H12ClN3O/c16-13-4-2-1-3-10(13)8-19-9-18-14-6-5-11(17)7-12(14)15(19)20/h1-7,9H,8,17H2. The molecule has 0 aliphatic rings. The van der Waals surface area contributed by atoms with Crippen molar-refractivity contribution in [2.45, 2.75) is 6.54 Å². The van der Waals surface area contributed by atoms with Crippen LogP contribution in [-0.2, 0) is 6.54 Å². The van der Waals surface area contributed by atoms with Gasteiger partial charge in [-0.2, -0.15) is 0 Å². The van der Waals surface area contributed by atoms with E-state index in [0.717, 1.165) is 5.56 Å². The number of nitrogen functional groups attached to an aromatic ring is 1. The normalized spacial score (nSPS) is 10.8. The van der Waals surface area contributed by atoms with Crippen molar-refractivity contribution in [2.75, 3.05) is 5.73 Å². The molecule has 1 aromatic heterocycles. The molecule has 0 atom stereocenters. The molecule has 0 saturated heterocycles. The summed E-state index contributed by atoms with van der Waals surface area (Å²) in [5, 5.41) is 1.15. The Hall–Kier alpha value is -2.33. The first-order valence-corrected chi connectivity index (χ1v) is 6.51. The molecule has 0 aliphatic carbocycles. The second kappa shape index (κ2) is 4.98. The lowest BCUT2D eigenvalue weighted by molar-refractivity contribution is 0.748. The molecule has 0 amide bonds. The van der Waals surface area contributed by atoms with Crippen LogP contribution in [0.4, 0.5) is 5.69 Å². The van der Waals surface area contributed by atoms with Crippen LogP contribution in [0.3, 0.4) is 0 Å². The highest BCUT2D eigenvalue weighted by molar-refractivity contribution is 6.31. The number of anilines is 1. The topological polar surface area (TPSA) is 60.9 Å². The van der Waals surface area contributed by atoms with Gasteiger partial charge >= 0.3 is 0 Å². The Morgan fingerprint density at radius 3 is 2.80 bits per heavy atom. The van der Waals surface area contributed by atoms with E-state index in [1.54, 1.807) is 24.3 Å². The van der Waals surface area contributed by atoms with Crippen LogP contribution < -0.4 is 11.3 Å². The van der Waals surface area contributed by atoms with Crippen molar-refractivity contribution >= 4 is 28.2 Å². The summed E-state index contributed by atoms with van der Waals surface area (Å²) in [6.07, 6.45) is 1.53. The van der Waals surface area contributed by atoms with E-state index in [0.29, 0.717) is 28.2 Å². The Bertz CT molecular complexity index is 842. The van der Waals surface area contributed by atoms with Crippen molar-refractivity contribution in [2.24, 2.45) is 0 Å². The van der Waals surface area contributed by atoms with Gasteiger partial charge in [-0.1, -0.05) is 29.8 Å². The molecule has 0 saturated carbocycles. The predicted octanol–water partition coefficient (Wildman–Crippen LogP) is 2.68. The number of fused-ring (bicyclic) bond motifs is 1. The van der Waals surface area contributed by atoms with Crippen LogP contribution in [0.2, 0.25) is 5.02 Å². The van der Waals surface area contributed by atoms with E-state index in [1.807, 2.05) is 18.2 Å². The third kappa shape index (κ3) is 2.26. The molecule has 0 radical (unpaired) electrons. The summed E-state index contributed by atoms with van der Waals surface area (Å²) in [5.74, 6) is 0. The Morgan fingerprint density at radius 2 is 2.00 bits per heavy atom. The maximum atomic E-state index is 12.4. The van der Waals surface area contributed by atoms with Crippen LogP contribution in [0, 0.1) is 0 Å². The average molecular weight is 286 g/mol. The quantitative estimate of drug-likeness (QED) is 0.737. The first-order chi connectivity index (χ1) is 9.65. The highest BCUT2D eigenvalue weighted by Gasteiger charge is 2.06. The number of hydrogen-bond donors (Lipinski definition) is 1. The third-order valence-electron chi connectivity index (χ3n) is 3.15. The lowest BCUT2D eigenvalue weighted by Gasteiger charge is -2.08. The predicted molar refractivity (Wildman–Crippen MR) is 81.0 cm³/mol. The summed E-state index contributed by atoms with van der Waals surface area (Å²) < 4.78 is 1.53. The fraction of sp³-hybridized carbons (Fsp3) is 0.0667. The molecule has 100 valence electrons. The SMILES string of the molecule is Nc1ccc2ncn(Cc3ccccc3Cl)c(=O)c2c1. The molecule has 20 heavy (non-hydrogen) atoms. The highest BCUT2D eigenvalue weighted by atomic mass is 35.5. The number of rotatable bonds is 2. The Balaban J connectivity index is 2.11. The smallest absolute Gasteiger partial charge is 0.261 e. The number of hydrogen-bond acceptors (Lipinski definition) is 3. The van der Waals surface area contributed by atoms with Crippen LogP contribution >= 0.6 is 11.6 Å². The molecule has 4 nitrogen and oxygen atoms in total. The van der Waals surface area contributed by atoms with E-state index in [4.69, 9.17) is 17.3 Å². The lowest BCUT2D eigenvalue weighted by Crippen LogP contribution is -2.21. The molecule has 0 unspecified atom stereocenters. The summed E-state index contributed by atoms with van der Waals surface area (Å²) in [5.41, 5.74) is 7.66. The fourth-order valence-corrected chi connectivity index (χ4v) is 2.29. The number of nitrogens with two attached hydrogens (primary N) is 1. The summed E-state index contributed by atoms with van der Waals surface area (Å²) >= 11 is 6.11. The largest absolute Gasteiger partial charge is 0.399 e. The molecule has 0 fully saturated rings. The van der Waals surface area contributed by atoms with E-state index in [9.17, 15) is 4.79 Å². The van der Waals surface area contributed by atoms with Crippen molar-refractivity contribution in [3.05, 3.63) is 69.7 Å². The number of nitrogens with zero attached hydrogens (tertiary/aromatic N) is 2. The van der Waals surface area contributed by atoms with Gasteiger partial charge < -0.3 is 5.73 Å². The molecule has 0 bridgehead atoms. The van der Waals surface area contributed by atoms with Crippen LogP contribution in [0.1, 0.15) is 5.56 Å². The van der Waals surface area contributed by atoms with E-state index in [1.165, 1.54) is 10.9 Å². The molecule has 3 aromatic rings. The van der Waals surface area contributed by atoms with E-state index in [2.05, 4.69) is 4.98 Å². The van der Waals surface area contributed by atoms with Gasteiger partial charge in [0, 0.05) is 10.7 Å². The highest BCUT2D eigenvalue weighted by Crippen LogP contribution is 2.16. The van der Waals surface area contributed by atoms with Gasteiger partial charge in [-0.05, 0) is 29.8 Å². The van der Waals surface area contributed by atoms with E-state index < -0.39 is 0 Å². The lowest BCUT2D eigenvalue weighted by atomic mass is 10.2. The Morgan fingerprint density at radius 1 is 1.20 bits per heavy atom. The summed E-state index contributed by atoms with van der Waals surface area (Å²) in [6.45, 7) is 0.385. The van der Waals surface area contributed by atoms with Crippen molar-refractivity contribution in [1.82, 2.24) is 9.55 Å². The summed E-state index contributed by atoms with van der Waals surface area (Å²) in [6, 6.07) is 12.5. The molecular weight excluding hydrogens is 274 g/mol. The average Bonchev–Trinajstić information content (AvgIpc) is 2.45. The van der Waals surface area contributed by atoms with Gasteiger partial charge in [0.05, 0.1) is 23.8 Å². The zero-order valence-electron chi connectivity index (χ0n) is 10.6. The van der Waals surface area contributed by atoms with Crippen LogP contribution in [0.25, 0.3) is 10.9 Å². The number of aromatic nitrogens is 2. The molecule has 1 heterocycles. The van der Waals surface area contributed by atoms with Gasteiger partial charge in [-0.15, -0.1) is 0 Å². The molecule has 5 heteroatoms. The van der Waals surface area contributed by atoms with Gasteiger partial charge in [-0.25, -0.2) is 4.98 Å². The molecule has 2 N–H and O–H groups in total. The van der Waals surface area contributed by atoms with E-state index in [-0.39, 0.29) is 5.56 Å². The van der Waals surface area contributed by atoms with Crippen LogP contribution in [0.5, 0.6) is 0 Å². The summed E-state index contributed by atoms with van der Waals surface area (Å²) in [4.78, 5) is 16.7. The van der Waals surface area contributed by atoms with Gasteiger partial charge in [-0.3, -0.25) is 9.36 Å². The van der Waals surface area contributed by atoms with Crippen molar-refractivity contribution in [3.63, 3.8) is 0 Å². The minimum Gasteiger partial charge on any atom is -0.399 e. The van der Waals surface area contributed by atoms with Crippen molar-refractivity contribution < 1.29 is 0 Å². The third-order valence-corrected chi connectivity index (χ3v) is 3.52. The fourth-order valence-electron chi connectivity index (χ4n) is 2.10. The van der Waals surface area contributed by atoms with E-state index >= 15 is 0 Å². The zero-order valence-corrected chi connectivity index (χ0v) is 11.3. The van der Waals surface area contributed by atoms with Crippen molar-refractivity contribution in [1.29, 1.82) is 0 Å². The first kappa shape index (κ1) is 12.7. The van der Waals surface area contributed by atoms with Gasteiger partial charge in [0.1, 0.15) is 0 Å². The maximum absolute atomic E-state index is 12.4. The monoisotopic (exact) mass is 285 g/mol. The molecule has 0 spiro atoms. The van der Waals surface area contributed by atoms with Crippen LogP contribution in [0.15, 0.2) is 53.6 Å². The molecule has 3 rings (SSSR count). The number of benzene rings is 2. The van der Waals surface area contributed by atoms with Gasteiger partial charge in [0.2, 0.25) is 0 Å². The van der Waals surface area contributed by atoms with Gasteiger partial charge in [0.25, 0.3) is 5.56 Å². The molecule has 2 aromatic carbocycles. The minimum atomic E-state index is -0.123. The van der Waals surface area contributed by atoms with Crippen molar-refractivity contribution in [3.8, 4) is 0 Å². The second-order valence-corrected chi connectivity index (χ2v) is 4.95. The summed E-state index contributed by atoms with van der Waals surface area (Å²) in [7, 11) is 0. The number of halogens is 1. The van der Waals surface area contributed by atoms with Gasteiger partial charge in [0.15, 0.2) is 0 Å². The van der Waals surface area contributed by atoms with Crippen LogP contribution in [-0.4, -0.2) is 9.55 Å². The molecule has 0 aliphatic heterocycles.